The molecule has 0 bridgehead atoms. The number of benzene rings is 2. The number of carbonyl (C=O) groups is 3. The molecule has 0 unspecified atom stereocenters. The van der Waals surface area contributed by atoms with Crippen molar-refractivity contribution in [1.82, 2.24) is 14.9 Å². The molecule has 2 aromatic heterocycles. The number of pyridine rings is 1. The Labute approximate surface area is 287 Å². The number of aromatic nitrogens is 2. The number of carbonyl (C=O) groups excluding carboxylic acids is 3. The summed E-state index contributed by atoms with van der Waals surface area (Å²) in [6.07, 6.45) is -2.10. The van der Waals surface area contributed by atoms with Gasteiger partial charge in [0.15, 0.2) is 5.69 Å². The molecule has 0 spiro atoms. The van der Waals surface area contributed by atoms with E-state index in [-0.39, 0.29) is 31.4 Å². The van der Waals surface area contributed by atoms with E-state index in [4.69, 9.17) is 9.15 Å². The molecule has 6 rings (SSSR count). The third-order valence-corrected chi connectivity index (χ3v) is 9.10. The van der Waals surface area contributed by atoms with Gasteiger partial charge in [-0.25, -0.2) is 9.78 Å². The van der Waals surface area contributed by atoms with Gasteiger partial charge in [-0.15, -0.1) is 0 Å². The molecule has 2 aromatic carbocycles. The van der Waals surface area contributed by atoms with Crippen LogP contribution >= 0.6 is 0 Å². The van der Waals surface area contributed by atoms with E-state index < -0.39 is 29.4 Å². The predicted octanol–water partition coefficient (Wildman–Crippen LogP) is 5.97. The van der Waals surface area contributed by atoms with Crippen LogP contribution in [0.4, 0.5) is 25.0 Å². The fraction of sp³-hybridized carbons (Fsp3) is 0.378. The van der Waals surface area contributed by atoms with Crippen LogP contribution in [0.15, 0.2) is 77.3 Å². The van der Waals surface area contributed by atoms with E-state index in [9.17, 15) is 27.6 Å². The van der Waals surface area contributed by atoms with E-state index in [1.54, 1.807) is 53.1 Å². The van der Waals surface area contributed by atoms with Crippen molar-refractivity contribution >= 4 is 29.5 Å². The molecule has 0 saturated carbocycles. The summed E-state index contributed by atoms with van der Waals surface area (Å²) in [6, 6.07) is 20.0. The Kier molecular flexibility index (Phi) is 10.5. The third kappa shape index (κ3) is 8.15. The van der Waals surface area contributed by atoms with Crippen molar-refractivity contribution in [3.63, 3.8) is 0 Å². The second kappa shape index (κ2) is 15.1. The minimum absolute atomic E-state index is 0.0575. The number of anilines is 2. The molecule has 0 aliphatic carbocycles. The number of rotatable bonds is 10. The molecule has 2 aliphatic heterocycles. The van der Waals surface area contributed by atoms with Gasteiger partial charge in [0.25, 0.3) is 6.01 Å². The second-order valence-electron chi connectivity index (χ2n) is 12.4. The summed E-state index contributed by atoms with van der Waals surface area (Å²) in [5, 5.41) is 0. The largest absolute Gasteiger partial charge is 0.462 e. The van der Waals surface area contributed by atoms with Gasteiger partial charge < -0.3 is 23.9 Å². The summed E-state index contributed by atoms with van der Waals surface area (Å²) in [4.78, 5) is 51.8. The van der Waals surface area contributed by atoms with Crippen molar-refractivity contribution in [2.75, 3.05) is 55.7 Å². The molecule has 262 valence electrons. The zero-order valence-corrected chi connectivity index (χ0v) is 27.7. The molecule has 13 heteroatoms. The van der Waals surface area contributed by atoms with Crippen LogP contribution in [-0.2, 0) is 28.5 Å². The molecule has 1 amide bonds. The second-order valence-corrected chi connectivity index (χ2v) is 12.4. The van der Waals surface area contributed by atoms with Crippen LogP contribution in [0.2, 0.25) is 0 Å². The lowest BCUT2D eigenvalue weighted by Crippen LogP contribution is -2.49. The Hall–Kier alpha value is -5.20. The zero-order chi connectivity index (χ0) is 35.3. The van der Waals surface area contributed by atoms with Crippen LogP contribution in [0.3, 0.4) is 0 Å². The Morgan fingerprint density at radius 2 is 1.60 bits per heavy atom. The molecule has 0 atom stereocenters. The smallest absolute Gasteiger partial charge is 0.437 e. The summed E-state index contributed by atoms with van der Waals surface area (Å²) in [5.74, 6) is -1.19. The Morgan fingerprint density at radius 1 is 0.860 bits per heavy atom. The van der Waals surface area contributed by atoms with Crippen LogP contribution in [0.1, 0.15) is 69.0 Å². The minimum Gasteiger partial charge on any atom is -0.462 e. The lowest BCUT2D eigenvalue weighted by molar-refractivity contribution is -0.141. The summed E-state index contributed by atoms with van der Waals surface area (Å²) >= 11 is 0. The van der Waals surface area contributed by atoms with Crippen molar-refractivity contribution in [1.29, 1.82) is 0 Å². The molecular formula is C37H38F3N5O5. The number of oxazole rings is 1. The van der Waals surface area contributed by atoms with E-state index in [1.165, 1.54) is 11.8 Å². The van der Waals surface area contributed by atoms with Gasteiger partial charge in [0, 0.05) is 51.9 Å². The van der Waals surface area contributed by atoms with E-state index in [2.05, 4.69) is 9.97 Å². The topological polar surface area (TPSA) is 109 Å². The van der Waals surface area contributed by atoms with Crippen molar-refractivity contribution in [2.45, 2.75) is 44.7 Å². The maximum atomic E-state index is 14.0. The monoisotopic (exact) mass is 689 g/mol. The Morgan fingerprint density at radius 3 is 2.26 bits per heavy atom. The number of esters is 1. The summed E-state index contributed by atoms with van der Waals surface area (Å²) in [6.45, 7) is 4.92. The van der Waals surface area contributed by atoms with E-state index in [1.807, 2.05) is 35.2 Å². The number of piperidine rings is 1. The van der Waals surface area contributed by atoms with E-state index in [0.717, 1.165) is 18.4 Å². The number of ketones is 1. The Bertz CT molecular complexity index is 1800. The first-order valence-electron chi connectivity index (χ1n) is 16.7. The van der Waals surface area contributed by atoms with Crippen LogP contribution in [-0.4, -0.2) is 78.4 Å². The van der Waals surface area contributed by atoms with Gasteiger partial charge in [0.1, 0.15) is 5.82 Å². The average Bonchev–Trinajstić information content (AvgIpc) is 3.60. The number of amides is 1. The van der Waals surface area contributed by atoms with Crippen molar-refractivity contribution < 1.29 is 36.7 Å². The predicted molar refractivity (Wildman–Crippen MR) is 179 cm³/mol. The van der Waals surface area contributed by atoms with Gasteiger partial charge in [0.2, 0.25) is 17.5 Å². The highest BCUT2D eigenvalue weighted by atomic mass is 19.4. The van der Waals surface area contributed by atoms with Gasteiger partial charge in [-0.2, -0.15) is 18.2 Å². The molecule has 0 N–H and O–H groups in total. The van der Waals surface area contributed by atoms with Crippen molar-refractivity contribution in [3.8, 4) is 0 Å². The summed E-state index contributed by atoms with van der Waals surface area (Å²) in [5.41, 5.74) is 1.44. The summed E-state index contributed by atoms with van der Waals surface area (Å²) in [7, 11) is 0. The molecule has 0 radical (unpaired) electrons. The lowest BCUT2D eigenvalue weighted by Gasteiger charge is -2.35. The highest BCUT2D eigenvalue weighted by Gasteiger charge is 2.42. The molecule has 4 heterocycles. The van der Waals surface area contributed by atoms with Gasteiger partial charge in [-0.1, -0.05) is 48.5 Å². The minimum atomic E-state index is -4.85. The van der Waals surface area contributed by atoms with Crippen LogP contribution in [0.25, 0.3) is 0 Å². The standard InChI is InChI=1S/C37H38F3N5O5/c1-2-49-35(48)29-10-6-7-25(21-29)23-32(47)44-19-17-43(18-20-44)31-12-11-26(24-41-31)22-30(46)33-34(37(38,39)40)42-36(50-33)45-15-13-28(14-16-45)27-8-4-3-5-9-27/h3-12,21,24,28H,2,13-20,22-23H2,1H3. The normalized spacial score (nSPS) is 15.6. The van der Waals surface area contributed by atoms with E-state index >= 15 is 0 Å². The number of ether oxygens (including phenoxy) is 1. The lowest BCUT2D eigenvalue weighted by atomic mass is 9.90. The van der Waals surface area contributed by atoms with Crippen LogP contribution in [0, 0.1) is 0 Å². The molecular weight excluding hydrogens is 651 g/mol. The molecule has 10 nitrogen and oxygen atoms in total. The van der Waals surface area contributed by atoms with Crippen LogP contribution in [0.5, 0.6) is 0 Å². The molecule has 2 aliphatic rings. The van der Waals surface area contributed by atoms with Gasteiger partial charge in [-0.05, 0) is 60.6 Å². The third-order valence-electron chi connectivity index (χ3n) is 9.10. The number of hydrogen-bond donors (Lipinski definition) is 0. The number of halogens is 3. The number of Topliss-reactive ketones (excluding diaryl/α,β-unsaturated/α-hetero) is 1. The average molecular weight is 690 g/mol. The molecule has 2 saturated heterocycles. The number of nitrogens with zero attached hydrogens (tertiary/aromatic N) is 5. The molecule has 4 aromatic rings. The molecule has 50 heavy (non-hydrogen) atoms. The van der Waals surface area contributed by atoms with Gasteiger partial charge >= 0.3 is 12.1 Å². The first kappa shape index (κ1) is 34.7. The van der Waals surface area contributed by atoms with Gasteiger partial charge in [-0.3, -0.25) is 9.59 Å². The fourth-order valence-electron chi connectivity index (χ4n) is 6.42. The van der Waals surface area contributed by atoms with Crippen molar-refractivity contribution in [3.05, 3.63) is 107 Å². The molecule has 2 fully saturated rings. The SMILES string of the molecule is CCOC(=O)c1cccc(CC(=O)N2CCN(c3ccc(CC(=O)c4oc(N5CCC(c6ccccc6)CC5)nc4C(F)(F)F)cn3)CC2)c1. The number of hydrogen-bond acceptors (Lipinski definition) is 9. The maximum Gasteiger partial charge on any atom is 0.437 e. The number of piperazine rings is 1. The van der Waals surface area contributed by atoms with Crippen molar-refractivity contribution in [2.24, 2.45) is 0 Å². The summed E-state index contributed by atoms with van der Waals surface area (Å²) < 4.78 is 52.5. The highest BCUT2D eigenvalue weighted by Crippen LogP contribution is 2.37. The van der Waals surface area contributed by atoms with Crippen LogP contribution < -0.4 is 9.80 Å². The first-order valence-corrected chi connectivity index (χ1v) is 16.7. The maximum absolute atomic E-state index is 14.0. The first-order chi connectivity index (χ1) is 24.1. The number of alkyl halides is 3. The highest BCUT2D eigenvalue weighted by molar-refractivity contribution is 5.96. The van der Waals surface area contributed by atoms with Gasteiger partial charge in [0.05, 0.1) is 18.6 Å². The van der Waals surface area contributed by atoms with E-state index in [0.29, 0.717) is 62.1 Å². The zero-order valence-electron chi connectivity index (χ0n) is 27.7. The Balaban J connectivity index is 1.03. The quantitative estimate of drug-likeness (QED) is 0.147. The fourth-order valence-corrected chi connectivity index (χ4v) is 6.42.